The fraction of sp³-hybridized carbons (Fsp3) is 0.286. The SMILES string of the molecule is Cc1cc(NC(=S)/C(C#N)=C(\O)C2CC2)ccc1[N+](=O)[O-]. The van der Waals surface area contributed by atoms with E-state index in [1.54, 1.807) is 13.0 Å². The Kier molecular flexibility index (Phi) is 4.19. The van der Waals surface area contributed by atoms with Crippen molar-refractivity contribution < 1.29 is 10.0 Å². The third kappa shape index (κ3) is 3.35. The molecule has 0 atom stereocenters. The molecule has 0 saturated heterocycles. The lowest BCUT2D eigenvalue weighted by atomic mass is 10.1. The van der Waals surface area contributed by atoms with E-state index < -0.39 is 4.92 Å². The zero-order chi connectivity index (χ0) is 15.6. The molecule has 1 aliphatic carbocycles. The van der Waals surface area contributed by atoms with Crippen LogP contribution in [-0.2, 0) is 0 Å². The largest absolute Gasteiger partial charge is 0.511 e. The number of benzene rings is 1. The van der Waals surface area contributed by atoms with E-state index in [0.29, 0.717) is 11.3 Å². The monoisotopic (exact) mass is 303 g/mol. The van der Waals surface area contributed by atoms with Crippen molar-refractivity contribution in [2.24, 2.45) is 5.92 Å². The summed E-state index contributed by atoms with van der Waals surface area (Å²) in [6.45, 7) is 1.62. The molecule has 1 fully saturated rings. The first-order chi connectivity index (χ1) is 9.93. The third-order valence-corrected chi connectivity index (χ3v) is 3.52. The van der Waals surface area contributed by atoms with Crippen molar-refractivity contribution in [2.75, 3.05) is 5.32 Å². The lowest BCUT2D eigenvalue weighted by Crippen LogP contribution is -2.14. The standard InChI is InChI=1S/C14H13N3O3S/c1-8-6-10(4-5-12(8)17(19)20)16-14(21)11(7-15)13(18)9-2-3-9/h4-6,9,18H,2-3H2,1H3,(H,16,21)/b13-11-. The van der Waals surface area contributed by atoms with Crippen molar-refractivity contribution >= 4 is 28.6 Å². The van der Waals surface area contributed by atoms with Gasteiger partial charge in [0.2, 0.25) is 0 Å². The quantitative estimate of drug-likeness (QED) is 0.221. The highest BCUT2D eigenvalue weighted by atomic mass is 32.1. The van der Waals surface area contributed by atoms with Gasteiger partial charge in [-0.05, 0) is 31.9 Å². The number of aliphatic hydroxyl groups is 1. The maximum absolute atomic E-state index is 10.8. The molecular formula is C14H13N3O3S. The number of nitro groups is 1. The van der Waals surface area contributed by atoms with E-state index in [2.05, 4.69) is 5.32 Å². The van der Waals surface area contributed by atoms with Gasteiger partial charge in [-0.2, -0.15) is 5.26 Å². The van der Waals surface area contributed by atoms with Crippen molar-refractivity contribution in [1.29, 1.82) is 5.26 Å². The zero-order valence-corrected chi connectivity index (χ0v) is 12.1. The molecule has 108 valence electrons. The number of nitro benzene ring substituents is 1. The topological polar surface area (TPSA) is 99.2 Å². The third-order valence-electron chi connectivity index (χ3n) is 3.21. The molecular weight excluding hydrogens is 290 g/mol. The molecule has 0 amide bonds. The molecule has 0 unspecified atom stereocenters. The van der Waals surface area contributed by atoms with E-state index in [9.17, 15) is 15.2 Å². The Morgan fingerprint density at radius 3 is 2.71 bits per heavy atom. The Labute approximate surface area is 126 Å². The molecule has 7 heteroatoms. The molecule has 1 aliphatic rings. The van der Waals surface area contributed by atoms with Gasteiger partial charge in [0.25, 0.3) is 5.69 Å². The van der Waals surface area contributed by atoms with Crippen LogP contribution in [0.2, 0.25) is 0 Å². The van der Waals surface area contributed by atoms with Gasteiger partial charge < -0.3 is 10.4 Å². The first kappa shape index (κ1) is 14.9. The van der Waals surface area contributed by atoms with Gasteiger partial charge in [-0.1, -0.05) is 12.2 Å². The van der Waals surface area contributed by atoms with Crippen molar-refractivity contribution in [3.8, 4) is 6.07 Å². The van der Waals surface area contributed by atoms with Crippen LogP contribution in [0, 0.1) is 34.3 Å². The second-order valence-corrected chi connectivity index (χ2v) is 5.27. The fourth-order valence-electron chi connectivity index (χ4n) is 1.92. The number of nitriles is 1. The summed E-state index contributed by atoms with van der Waals surface area (Å²) in [5, 5.41) is 32.6. The molecule has 0 heterocycles. The van der Waals surface area contributed by atoms with Gasteiger partial charge in [0.15, 0.2) is 0 Å². The predicted molar refractivity (Wildman–Crippen MR) is 82.0 cm³/mol. The lowest BCUT2D eigenvalue weighted by molar-refractivity contribution is -0.385. The molecule has 2 rings (SSSR count). The molecule has 0 aromatic heterocycles. The molecule has 1 aromatic rings. The smallest absolute Gasteiger partial charge is 0.272 e. The minimum absolute atomic E-state index is 0.0170. The highest BCUT2D eigenvalue weighted by Crippen LogP contribution is 2.36. The number of nitrogens with one attached hydrogen (secondary N) is 1. The van der Waals surface area contributed by atoms with Gasteiger partial charge in [0.1, 0.15) is 22.4 Å². The van der Waals surface area contributed by atoms with Crippen LogP contribution in [0.15, 0.2) is 29.5 Å². The Morgan fingerprint density at radius 2 is 2.24 bits per heavy atom. The van der Waals surface area contributed by atoms with Crippen molar-refractivity contribution in [2.45, 2.75) is 19.8 Å². The van der Waals surface area contributed by atoms with E-state index in [4.69, 9.17) is 17.5 Å². The number of hydrogen-bond acceptors (Lipinski definition) is 5. The second-order valence-electron chi connectivity index (χ2n) is 4.86. The van der Waals surface area contributed by atoms with Crippen molar-refractivity contribution in [3.63, 3.8) is 0 Å². The molecule has 0 bridgehead atoms. The van der Waals surface area contributed by atoms with Gasteiger partial charge in [-0.15, -0.1) is 0 Å². The highest BCUT2D eigenvalue weighted by Gasteiger charge is 2.29. The summed E-state index contributed by atoms with van der Waals surface area (Å²) in [6, 6.07) is 6.37. The van der Waals surface area contributed by atoms with Gasteiger partial charge >= 0.3 is 0 Å². The van der Waals surface area contributed by atoms with E-state index in [1.807, 2.05) is 6.07 Å². The lowest BCUT2D eigenvalue weighted by Gasteiger charge is -2.09. The first-order valence-electron chi connectivity index (χ1n) is 6.33. The number of aliphatic hydroxyl groups excluding tert-OH is 1. The first-order valence-corrected chi connectivity index (χ1v) is 6.74. The molecule has 2 N–H and O–H groups in total. The van der Waals surface area contributed by atoms with Crippen molar-refractivity contribution in [1.82, 2.24) is 0 Å². The summed E-state index contributed by atoms with van der Waals surface area (Å²) in [6.07, 6.45) is 1.71. The summed E-state index contributed by atoms with van der Waals surface area (Å²) in [5.74, 6) is 0.0478. The Bertz CT molecular complexity index is 687. The van der Waals surface area contributed by atoms with Gasteiger partial charge in [0.05, 0.1) is 4.92 Å². The molecule has 1 saturated carbocycles. The number of rotatable bonds is 4. The molecule has 0 aliphatic heterocycles. The molecule has 0 radical (unpaired) electrons. The number of allylic oxidation sites excluding steroid dienone is 1. The van der Waals surface area contributed by atoms with Crippen LogP contribution in [0.4, 0.5) is 11.4 Å². The summed E-state index contributed by atoms with van der Waals surface area (Å²) in [7, 11) is 0. The van der Waals surface area contributed by atoms with Crippen LogP contribution in [0.25, 0.3) is 0 Å². The Balaban J connectivity index is 2.20. The van der Waals surface area contributed by atoms with Crippen LogP contribution in [0.1, 0.15) is 18.4 Å². The van der Waals surface area contributed by atoms with Crippen LogP contribution in [0.5, 0.6) is 0 Å². The molecule has 0 spiro atoms. The maximum atomic E-state index is 10.8. The van der Waals surface area contributed by atoms with Crippen LogP contribution in [-0.4, -0.2) is 15.0 Å². The summed E-state index contributed by atoms with van der Waals surface area (Å²) < 4.78 is 0. The Hall–Kier alpha value is -2.46. The molecule has 6 nitrogen and oxygen atoms in total. The van der Waals surface area contributed by atoms with Gasteiger partial charge in [0, 0.05) is 23.2 Å². The minimum Gasteiger partial charge on any atom is -0.511 e. The van der Waals surface area contributed by atoms with E-state index >= 15 is 0 Å². The molecule has 1 aromatic carbocycles. The maximum Gasteiger partial charge on any atom is 0.272 e. The Morgan fingerprint density at radius 1 is 1.57 bits per heavy atom. The van der Waals surface area contributed by atoms with E-state index in [1.165, 1.54) is 12.1 Å². The highest BCUT2D eigenvalue weighted by molar-refractivity contribution is 7.81. The summed E-state index contributed by atoms with van der Waals surface area (Å²) in [5.41, 5.74) is 1.10. The predicted octanol–water partition coefficient (Wildman–Crippen LogP) is 3.39. The number of anilines is 1. The number of hydrogen-bond donors (Lipinski definition) is 2. The van der Waals surface area contributed by atoms with Crippen molar-refractivity contribution in [3.05, 3.63) is 45.2 Å². The van der Waals surface area contributed by atoms with E-state index in [-0.39, 0.29) is 27.9 Å². The number of thiocarbonyl (C=S) groups is 1. The minimum atomic E-state index is -0.461. The van der Waals surface area contributed by atoms with E-state index in [0.717, 1.165) is 12.8 Å². The number of nitrogens with zero attached hydrogens (tertiary/aromatic N) is 2. The summed E-state index contributed by atoms with van der Waals surface area (Å²) in [4.78, 5) is 10.4. The number of aryl methyl sites for hydroxylation is 1. The van der Waals surface area contributed by atoms with Crippen LogP contribution < -0.4 is 5.32 Å². The van der Waals surface area contributed by atoms with Crippen LogP contribution in [0.3, 0.4) is 0 Å². The second kappa shape index (κ2) is 5.89. The zero-order valence-electron chi connectivity index (χ0n) is 11.3. The average molecular weight is 303 g/mol. The molecule has 21 heavy (non-hydrogen) atoms. The van der Waals surface area contributed by atoms with Gasteiger partial charge in [-0.25, -0.2) is 0 Å². The van der Waals surface area contributed by atoms with Gasteiger partial charge in [-0.3, -0.25) is 10.1 Å². The normalized spacial score (nSPS) is 14.9. The fourth-order valence-corrected chi connectivity index (χ4v) is 2.18. The average Bonchev–Trinajstić information content (AvgIpc) is 3.23. The van der Waals surface area contributed by atoms with Crippen LogP contribution >= 0.6 is 12.2 Å². The summed E-state index contributed by atoms with van der Waals surface area (Å²) >= 11 is 5.12.